The third-order valence-electron chi connectivity index (χ3n) is 12.1. The molecule has 1 aliphatic carbocycles. The van der Waals surface area contributed by atoms with E-state index in [1.807, 2.05) is 32.2 Å². The number of hydrogen-bond acceptors (Lipinski definition) is 3. The van der Waals surface area contributed by atoms with Crippen LogP contribution in [0, 0.1) is 32.9 Å². The summed E-state index contributed by atoms with van der Waals surface area (Å²) in [5.41, 5.74) is 13.1. The fourth-order valence-corrected chi connectivity index (χ4v) is 8.99. The number of nitrogens with zero attached hydrogens (tertiary/aromatic N) is 4. The first-order valence-electron chi connectivity index (χ1n) is 20.8. The average molecular weight is 930 g/mol. The summed E-state index contributed by atoms with van der Waals surface area (Å²) in [5.74, 6) is 0.638. The van der Waals surface area contributed by atoms with E-state index in [0.29, 0.717) is 12.3 Å². The molecule has 1 aliphatic heterocycles. The zero-order valence-electron chi connectivity index (χ0n) is 36.0. The molecule has 288 valence electrons. The van der Waals surface area contributed by atoms with Crippen molar-refractivity contribution in [3.63, 3.8) is 0 Å². The van der Waals surface area contributed by atoms with Gasteiger partial charge in [-0.25, -0.2) is 4.98 Å². The van der Waals surface area contributed by atoms with Gasteiger partial charge in [-0.3, -0.25) is 4.99 Å². The SMILES string of the molecule is [2H]C1([2H])c2cc(C)cc(C)c2C[C@]2(C)OC(c3[c-]c(-n4c5[c-]c(-n6c7ccc(C(C)(C)C)cc7c7cccnc76)ccc5c5cc(C)ccc54)cc(C(C)C)c3)=N[C@@H]12.[Pt+2]. The number of aromatic nitrogens is 3. The van der Waals surface area contributed by atoms with E-state index in [1.165, 1.54) is 16.5 Å². The van der Waals surface area contributed by atoms with Crippen molar-refractivity contribution >= 4 is 49.6 Å². The minimum Gasteiger partial charge on any atom is -0.512 e. The van der Waals surface area contributed by atoms with Gasteiger partial charge in [0, 0.05) is 31.6 Å². The van der Waals surface area contributed by atoms with Crippen molar-refractivity contribution in [2.75, 3.05) is 0 Å². The second-order valence-corrected chi connectivity index (χ2v) is 17.7. The van der Waals surface area contributed by atoms with E-state index in [1.54, 1.807) is 0 Å². The van der Waals surface area contributed by atoms with E-state index in [2.05, 4.69) is 143 Å². The van der Waals surface area contributed by atoms with E-state index in [9.17, 15) is 2.74 Å². The van der Waals surface area contributed by atoms with E-state index in [-0.39, 0.29) is 32.4 Å². The van der Waals surface area contributed by atoms with E-state index in [4.69, 9.17) is 14.7 Å². The Morgan fingerprint density at radius 2 is 1.60 bits per heavy atom. The van der Waals surface area contributed by atoms with Crippen molar-refractivity contribution in [2.45, 2.75) is 98.1 Å². The second-order valence-electron chi connectivity index (χ2n) is 17.7. The van der Waals surface area contributed by atoms with Crippen molar-refractivity contribution < 1.29 is 28.5 Å². The van der Waals surface area contributed by atoms with Crippen molar-refractivity contribution in [3.8, 4) is 11.4 Å². The van der Waals surface area contributed by atoms with Gasteiger partial charge in [-0.05, 0) is 109 Å². The maximum absolute atomic E-state index is 9.44. The van der Waals surface area contributed by atoms with Crippen LogP contribution < -0.4 is 0 Å². The maximum atomic E-state index is 9.44. The topological polar surface area (TPSA) is 44.3 Å². The summed E-state index contributed by atoms with van der Waals surface area (Å²) < 4.78 is 30.2. The Balaban J connectivity index is 0.00000449. The number of aryl methyl sites for hydroxylation is 3. The molecule has 0 spiro atoms. The van der Waals surface area contributed by atoms with Crippen LogP contribution in [0.1, 0.15) is 94.7 Å². The molecule has 2 atom stereocenters. The minimum absolute atomic E-state index is 0. The van der Waals surface area contributed by atoms with Gasteiger partial charge >= 0.3 is 21.1 Å². The quantitative estimate of drug-likeness (QED) is 0.165. The van der Waals surface area contributed by atoms with E-state index < -0.39 is 18.0 Å². The van der Waals surface area contributed by atoms with Gasteiger partial charge in [-0.15, -0.1) is 41.3 Å². The molecule has 0 fully saturated rings. The van der Waals surface area contributed by atoms with Crippen LogP contribution in [-0.2, 0) is 44.0 Å². The van der Waals surface area contributed by atoms with Crippen LogP contribution in [0.25, 0.3) is 55.1 Å². The smallest absolute Gasteiger partial charge is 0.512 e. The van der Waals surface area contributed by atoms with Gasteiger partial charge in [-0.2, -0.15) is 6.07 Å². The number of fused-ring (bicyclic) bond motifs is 8. The largest absolute Gasteiger partial charge is 2.00 e. The number of benzene rings is 5. The number of rotatable bonds is 4. The van der Waals surface area contributed by atoms with Gasteiger partial charge < -0.3 is 13.9 Å². The first-order chi connectivity index (χ1) is 27.5. The van der Waals surface area contributed by atoms with Crippen molar-refractivity contribution in [2.24, 2.45) is 4.99 Å². The van der Waals surface area contributed by atoms with Gasteiger partial charge in [0.2, 0.25) is 0 Å². The van der Waals surface area contributed by atoms with Crippen LogP contribution in [0.15, 0.2) is 96.1 Å². The fourth-order valence-electron chi connectivity index (χ4n) is 8.99. The Hall–Kier alpha value is -4.99. The summed E-state index contributed by atoms with van der Waals surface area (Å²) in [6.07, 6.45) is 0.748. The standard InChI is InChI=1S/C51H48N4O.Pt/c1-29(2)33-22-35(49-53-47-25-34-20-31(4)19-32(5)43(34)28-51(47,9)56-49)24-38(23-33)54-44-16-12-30(3)21-41(44)39-15-14-37(27-46(39)54)55-45-17-13-36(50(6,7)8)26-42(45)40-11-10-18-52-48(40)55;/h10-23,26,29,47H,25,28H2,1-9H3;/q-2;+2/t47-,51-;/m0./s1/i25D2;. The van der Waals surface area contributed by atoms with Crippen LogP contribution in [0.4, 0.5) is 0 Å². The normalized spacial score (nSPS) is 19.3. The molecule has 57 heavy (non-hydrogen) atoms. The number of pyridine rings is 1. The number of ether oxygens (including phenoxy) is 1. The molecule has 0 saturated carbocycles. The molecular weight excluding hydrogens is 880 g/mol. The molecule has 0 radical (unpaired) electrons. The molecule has 0 saturated heterocycles. The third kappa shape index (κ3) is 5.99. The Kier molecular flexibility index (Phi) is 8.20. The average Bonchev–Trinajstić information content (AvgIpc) is 3.82. The van der Waals surface area contributed by atoms with Gasteiger partial charge in [0.15, 0.2) is 0 Å². The fraction of sp³-hybridized carbons (Fsp3) is 0.294. The van der Waals surface area contributed by atoms with Crippen LogP contribution >= 0.6 is 0 Å². The Morgan fingerprint density at radius 1 is 0.825 bits per heavy atom. The number of hydrogen-bond donors (Lipinski definition) is 0. The molecule has 0 unspecified atom stereocenters. The first-order valence-corrected chi connectivity index (χ1v) is 19.8. The Morgan fingerprint density at radius 3 is 2.39 bits per heavy atom. The molecule has 3 aromatic heterocycles. The summed E-state index contributed by atoms with van der Waals surface area (Å²) in [4.78, 5) is 10.0. The molecule has 8 aromatic rings. The van der Waals surface area contributed by atoms with E-state index in [0.717, 1.165) is 83.1 Å². The Labute approximate surface area is 352 Å². The maximum Gasteiger partial charge on any atom is 2.00 e. The molecule has 5 aromatic carbocycles. The summed E-state index contributed by atoms with van der Waals surface area (Å²) in [6, 6.07) is 37.4. The Bertz CT molecular complexity index is 3080. The zero-order valence-corrected chi connectivity index (χ0v) is 36.3. The van der Waals surface area contributed by atoms with Gasteiger partial charge in [0.1, 0.15) is 17.1 Å². The molecule has 10 rings (SSSR count). The summed E-state index contributed by atoms with van der Waals surface area (Å²) in [5, 5.41) is 4.52. The molecule has 2 aliphatic rings. The predicted octanol–water partition coefficient (Wildman–Crippen LogP) is 11.9. The van der Waals surface area contributed by atoms with Gasteiger partial charge in [-0.1, -0.05) is 92.8 Å². The van der Waals surface area contributed by atoms with Gasteiger partial charge in [0.05, 0.1) is 11.6 Å². The molecule has 0 amide bonds. The second kappa shape index (κ2) is 13.3. The van der Waals surface area contributed by atoms with Crippen molar-refractivity contribution in [3.05, 3.63) is 148 Å². The van der Waals surface area contributed by atoms with Gasteiger partial charge in [0.25, 0.3) is 0 Å². The molecule has 6 heteroatoms. The van der Waals surface area contributed by atoms with Crippen LogP contribution in [0.5, 0.6) is 0 Å². The summed E-state index contributed by atoms with van der Waals surface area (Å²) in [6.45, 7) is 19.4. The summed E-state index contributed by atoms with van der Waals surface area (Å²) in [7, 11) is 0. The van der Waals surface area contributed by atoms with E-state index >= 15 is 0 Å². The predicted molar refractivity (Wildman–Crippen MR) is 231 cm³/mol. The van der Waals surface area contributed by atoms with Crippen LogP contribution in [0.3, 0.4) is 0 Å². The molecule has 0 N–H and O–H groups in total. The molecule has 5 nitrogen and oxygen atoms in total. The molecular formula is C51H48N4OPt. The first kappa shape index (κ1) is 35.2. The zero-order chi connectivity index (χ0) is 40.6. The van der Waals surface area contributed by atoms with Crippen LogP contribution in [-0.4, -0.2) is 31.7 Å². The monoisotopic (exact) mass is 929 g/mol. The molecule has 4 heterocycles. The van der Waals surface area contributed by atoms with Crippen LogP contribution in [0.2, 0.25) is 0 Å². The third-order valence-corrected chi connectivity index (χ3v) is 12.1. The van der Waals surface area contributed by atoms with Crippen molar-refractivity contribution in [1.29, 1.82) is 0 Å². The molecule has 0 bridgehead atoms. The number of aliphatic imine (C=N–C) groups is 1. The minimum atomic E-state index is -1.70. The summed E-state index contributed by atoms with van der Waals surface area (Å²) >= 11 is 0. The van der Waals surface area contributed by atoms with Crippen molar-refractivity contribution in [1.82, 2.24) is 14.1 Å².